The van der Waals surface area contributed by atoms with Crippen molar-refractivity contribution in [1.29, 1.82) is 0 Å². The Morgan fingerprint density at radius 3 is 1.62 bits per heavy atom. The Labute approximate surface area is 754 Å². The lowest BCUT2D eigenvalue weighted by Gasteiger charge is -2.41. The molecule has 38 nitrogen and oxygen atoms in total. The molecule has 0 aliphatic carbocycles. The number of hydrogen-bond acceptors (Lipinski definition) is 31. The first-order valence-corrected chi connectivity index (χ1v) is 45.0. The number of rotatable bonds is 73. The van der Waals surface area contributed by atoms with Gasteiger partial charge in [0.2, 0.25) is 35.8 Å². The van der Waals surface area contributed by atoms with Crippen molar-refractivity contribution in [2.24, 2.45) is 47.2 Å². The number of amides is 6. The highest BCUT2D eigenvalue weighted by molar-refractivity contribution is 5.94. The molecule has 128 heavy (non-hydrogen) atoms. The molecular formula is C90H151N7O31. The van der Waals surface area contributed by atoms with Gasteiger partial charge in [-0.1, -0.05) is 98.2 Å². The summed E-state index contributed by atoms with van der Waals surface area (Å²) in [6.07, 6.45) is -10.1. The molecule has 0 aromatic heterocycles. The second-order valence-electron chi connectivity index (χ2n) is 32.8. The summed E-state index contributed by atoms with van der Waals surface area (Å²) in [5.74, 6) is -8.20. The Morgan fingerprint density at radius 1 is 0.594 bits per heavy atom. The van der Waals surface area contributed by atoms with Crippen LogP contribution in [0.1, 0.15) is 143 Å². The molecule has 732 valence electrons. The molecule has 0 unspecified atom stereocenters. The number of carbonyl (C=O) groups excluding carboxylic acids is 8. The fourth-order valence-electron chi connectivity index (χ4n) is 14.9. The lowest BCUT2D eigenvalue weighted by atomic mass is 9.80. The van der Waals surface area contributed by atoms with Crippen LogP contribution >= 0.6 is 0 Å². The van der Waals surface area contributed by atoms with Gasteiger partial charge in [-0.05, 0) is 79.0 Å². The third-order valence-electron chi connectivity index (χ3n) is 22.6. The molecule has 16 atom stereocenters. The monoisotopic (exact) mass is 1830 g/mol. The normalized spacial score (nSPS) is 18.8. The predicted molar refractivity (Wildman–Crippen MR) is 469 cm³/mol. The first-order valence-electron chi connectivity index (χ1n) is 45.0. The zero-order chi connectivity index (χ0) is 94.3. The zero-order valence-corrected chi connectivity index (χ0v) is 77.4. The molecule has 2 aromatic carbocycles. The van der Waals surface area contributed by atoms with Gasteiger partial charge < -0.3 is 143 Å². The quantitative estimate of drug-likeness (QED) is 0.0420. The van der Waals surface area contributed by atoms with E-state index in [-0.39, 0.29) is 111 Å². The Balaban J connectivity index is 1.17. The van der Waals surface area contributed by atoms with Crippen LogP contribution in [-0.2, 0) is 116 Å². The standard InChI is InChI=1S/C90H151N7O31/c1-13-62(6)80(75(114-12)57-78(103)97-30-19-23-71(97)68(58-98)64(8)72(99)54-63(7)81(104)66-20-15-14-16-21-66)95(9)87(109)67(60(2)3)56-73(100)79(61(4)5)96(10)90(112)126-59-65-24-25-74(127-89-84(107)82(105)83(106)85(128-89)88(110)111)70(55-65)94-77(102)26-29-93-86(108)69(91)22-17-18-28-92-76(101)27-31-115-34-35-117-38-39-119-42-43-121-46-47-123-50-51-125-53-52-124-49-48-122-45-44-120-41-40-118-37-36-116-33-32-113-11/h14-16,20-21,24-25,55,60-64,67-69,71,75,79-85,89,98,104-107H,13,17-19,22-23,26-54,56-59,91H2,1-12H3,(H,92,101)(H,93,108)(H,94,102)(H,110,111)/t62-,63-,64+,67-,68+,69-,71-,75+,79-,80-,81+,82-,83-,84+,85-,89+/m0/s1. The van der Waals surface area contributed by atoms with E-state index in [1.54, 1.807) is 56.9 Å². The molecule has 0 radical (unpaired) electrons. The van der Waals surface area contributed by atoms with Gasteiger partial charge in [-0.2, -0.15) is 0 Å². The summed E-state index contributed by atoms with van der Waals surface area (Å²) in [7, 11) is 6.12. The maximum atomic E-state index is 15.0. The molecule has 6 amide bonds. The van der Waals surface area contributed by atoms with Gasteiger partial charge in [-0.25, -0.2) is 9.59 Å². The van der Waals surface area contributed by atoms with E-state index in [9.17, 15) is 69.0 Å². The maximum absolute atomic E-state index is 15.0. The number of unbranched alkanes of at least 4 members (excludes halogenated alkanes) is 1. The minimum Gasteiger partial charge on any atom is -0.479 e. The summed E-state index contributed by atoms with van der Waals surface area (Å²) < 4.78 is 88.3. The van der Waals surface area contributed by atoms with Crippen LogP contribution in [0.2, 0.25) is 0 Å². The van der Waals surface area contributed by atoms with Gasteiger partial charge in [0.05, 0.1) is 194 Å². The third-order valence-corrected chi connectivity index (χ3v) is 22.6. The summed E-state index contributed by atoms with van der Waals surface area (Å²) in [5.41, 5.74) is 6.99. The molecular weight excluding hydrogens is 1680 g/mol. The van der Waals surface area contributed by atoms with Gasteiger partial charge in [0.1, 0.15) is 36.5 Å². The molecule has 2 saturated heterocycles. The van der Waals surface area contributed by atoms with Crippen molar-refractivity contribution < 1.29 is 150 Å². The molecule has 0 spiro atoms. The van der Waals surface area contributed by atoms with E-state index in [1.807, 2.05) is 52.8 Å². The third kappa shape index (κ3) is 42.2. The van der Waals surface area contributed by atoms with E-state index in [1.165, 1.54) is 32.4 Å². The van der Waals surface area contributed by atoms with Crippen LogP contribution in [0.15, 0.2) is 48.5 Å². The molecule has 2 heterocycles. The number of aliphatic hydroxyl groups excluding tert-OH is 5. The number of likely N-dealkylation sites (N-methyl/N-ethyl adjacent to an activating group) is 2. The average molecular weight is 1830 g/mol. The second kappa shape index (κ2) is 65.4. The van der Waals surface area contributed by atoms with Crippen molar-refractivity contribution in [3.05, 3.63) is 59.7 Å². The number of nitrogens with one attached hydrogen (secondary N) is 3. The van der Waals surface area contributed by atoms with Crippen LogP contribution in [-0.4, -0.2) is 366 Å². The van der Waals surface area contributed by atoms with Crippen LogP contribution in [0.4, 0.5) is 10.5 Å². The zero-order valence-electron chi connectivity index (χ0n) is 77.4. The molecule has 2 aromatic rings. The van der Waals surface area contributed by atoms with Crippen molar-refractivity contribution in [1.82, 2.24) is 25.3 Å². The Bertz CT molecular complexity index is 3450. The molecule has 0 bridgehead atoms. The number of ketones is 2. The molecule has 2 aliphatic heterocycles. The highest BCUT2D eigenvalue weighted by atomic mass is 16.7. The lowest BCUT2D eigenvalue weighted by Crippen LogP contribution is -2.61. The number of aliphatic carboxylic acids is 1. The van der Waals surface area contributed by atoms with Crippen LogP contribution in [0.25, 0.3) is 0 Å². The van der Waals surface area contributed by atoms with Crippen molar-refractivity contribution in [3.63, 3.8) is 0 Å². The molecule has 38 heteroatoms. The van der Waals surface area contributed by atoms with Crippen LogP contribution in [0, 0.1) is 41.4 Å². The van der Waals surface area contributed by atoms with E-state index in [4.69, 9.17) is 81.5 Å². The molecule has 11 N–H and O–H groups in total. The number of methoxy groups -OCH3 is 2. The summed E-state index contributed by atoms with van der Waals surface area (Å²) in [6, 6.07) is 9.93. The number of Topliss-reactive ketones (excluding diaryl/α,β-unsaturated/α-hetero) is 2. The number of ether oxygens (including phenoxy) is 16. The van der Waals surface area contributed by atoms with Crippen molar-refractivity contribution in [2.45, 2.75) is 200 Å². The number of hydrogen-bond donors (Lipinski definition) is 10. The smallest absolute Gasteiger partial charge is 0.410 e. The summed E-state index contributed by atoms with van der Waals surface area (Å²) >= 11 is 0. The van der Waals surface area contributed by atoms with E-state index in [0.717, 1.165) is 4.90 Å². The minimum atomic E-state index is -2.05. The van der Waals surface area contributed by atoms with Crippen molar-refractivity contribution in [3.8, 4) is 5.75 Å². The number of carbonyl (C=O) groups is 9. The number of nitrogens with zero attached hydrogens (tertiary/aromatic N) is 3. The van der Waals surface area contributed by atoms with Gasteiger partial charge in [-0.3, -0.25) is 33.6 Å². The van der Waals surface area contributed by atoms with E-state index < -0.39 is 139 Å². The summed E-state index contributed by atoms with van der Waals surface area (Å²) in [6.45, 7) is 24.2. The molecule has 2 aliphatic rings. The van der Waals surface area contributed by atoms with E-state index >= 15 is 4.79 Å². The SMILES string of the molecule is CC[C@H](C)[C@@H]([C@@H](CC(=O)N1CCC[C@H]1[C@H](CO)[C@@H](C)C(=O)C[C@H](C)[C@@H](O)c1ccccc1)OC)N(C)C(=O)[C@@H](CC(=O)[C@H](C(C)C)N(C)C(=O)OCc1ccc(O[C@@H]2O[C@H](C(=O)O)[C@@H](O)[C@H](O)[C@H]2O)c(NC(=O)CCNC(=O)[C@@H](N)CCCCNC(=O)CCOCCOCCOCCOCCOCCOCCOCCOCCOCCOCCOCCOC)c1)C(C)C. The minimum absolute atomic E-state index is 0.0702. The highest BCUT2D eigenvalue weighted by Crippen LogP contribution is 2.36. The fraction of sp³-hybridized carbons (Fsp3) is 0.767. The number of aliphatic hydroxyl groups is 5. The first-order chi connectivity index (χ1) is 61.4. The Morgan fingerprint density at radius 2 is 1.12 bits per heavy atom. The van der Waals surface area contributed by atoms with Gasteiger partial charge >= 0.3 is 12.1 Å². The van der Waals surface area contributed by atoms with Crippen LogP contribution in [0.5, 0.6) is 5.75 Å². The summed E-state index contributed by atoms with van der Waals surface area (Å²) in [5, 5.41) is 71.5. The van der Waals surface area contributed by atoms with Crippen molar-refractivity contribution in [2.75, 3.05) is 212 Å². The number of anilines is 1. The summed E-state index contributed by atoms with van der Waals surface area (Å²) in [4.78, 5) is 128. The number of carboxylic acid groups (broad SMARTS) is 1. The Kier molecular flexibility index (Phi) is 57.9. The maximum Gasteiger partial charge on any atom is 0.410 e. The molecule has 0 saturated carbocycles. The van der Waals surface area contributed by atoms with Gasteiger partial charge in [0, 0.05) is 104 Å². The lowest BCUT2D eigenvalue weighted by molar-refractivity contribution is -0.271. The topological polar surface area (TPSA) is 495 Å². The van der Waals surface area contributed by atoms with E-state index in [0.29, 0.717) is 190 Å². The van der Waals surface area contributed by atoms with Crippen LogP contribution < -0.4 is 26.4 Å². The van der Waals surface area contributed by atoms with Crippen LogP contribution in [0.3, 0.4) is 0 Å². The van der Waals surface area contributed by atoms with Gasteiger partial charge in [0.25, 0.3) is 0 Å². The number of likely N-dealkylation sites (tertiary alicyclic amines) is 1. The number of nitrogens with two attached hydrogens (primary N) is 1. The average Bonchev–Trinajstić information content (AvgIpc) is 1.27. The molecule has 4 rings (SSSR count). The molecule has 2 fully saturated rings. The van der Waals surface area contributed by atoms with Gasteiger partial charge in [-0.15, -0.1) is 0 Å². The second-order valence-corrected chi connectivity index (χ2v) is 32.8. The van der Waals surface area contributed by atoms with Crippen molar-refractivity contribution >= 4 is 58.9 Å². The highest BCUT2D eigenvalue weighted by Gasteiger charge is 2.49. The Hall–Kier alpha value is -7.13. The van der Waals surface area contributed by atoms with E-state index in [2.05, 4.69) is 16.0 Å². The number of benzene rings is 2. The number of carboxylic acids is 1. The first kappa shape index (κ1) is 113. The predicted octanol–water partition coefficient (Wildman–Crippen LogP) is 3.90. The van der Waals surface area contributed by atoms with Gasteiger partial charge in [0.15, 0.2) is 11.9 Å². The fourth-order valence-corrected chi connectivity index (χ4v) is 14.9. The largest absolute Gasteiger partial charge is 0.479 e.